The molecule has 2 N–H and O–H groups in total. The number of rotatable bonds is 4. The quantitative estimate of drug-likeness (QED) is 0.392. The lowest BCUT2D eigenvalue weighted by Crippen LogP contribution is -2.18. The van der Waals surface area contributed by atoms with Crippen molar-refractivity contribution in [3.05, 3.63) is 64.2 Å². The largest absolute Gasteiger partial charge is 0.505 e. The maximum Gasteiger partial charge on any atom is 0.296 e. The molecule has 2 aromatic rings. The smallest absolute Gasteiger partial charge is 0.296 e. The number of hydrogen-bond donors (Lipinski definition) is 2. The van der Waals surface area contributed by atoms with Gasteiger partial charge in [0.1, 0.15) is 11.1 Å². The van der Waals surface area contributed by atoms with Crippen molar-refractivity contribution in [2.75, 3.05) is 5.32 Å². The van der Waals surface area contributed by atoms with Gasteiger partial charge in [0.15, 0.2) is 5.69 Å². The van der Waals surface area contributed by atoms with Crippen molar-refractivity contribution >= 4 is 28.9 Å². The van der Waals surface area contributed by atoms with E-state index in [4.69, 9.17) is 11.6 Å². The topological polar surface area (TPSA) is 92.5 Å². The second-order valence-electron chi connectivity index (χ2n) is 4.19. The predicted molar refractivity (Wildman–Crippen MR) is 78.4 cm³/mol. The molecule has 0 radical (unpaired) electrons. The van der Waals surface area contributed by atoms with E-state index in [9.17, 15) is 20.0 Å². The molecule has 0 fully saturated rings. The van der Waals surface area contributed by atoms with Crippen LogP contribution in [-0.4, -0.2) is 15.9 Å². The van der Waals surface area contributed by atoms with Gasteiger partial charge >= 0.3 is 0 Å². The number of nitro groups is 1. The Balaban J connectivity index is 2.26. The number of nitrogens with zero attached hydrogens (tertiary/aromatic N) is 1. The van der Waals surface area contributed by atoms with Gasteiger partial charge in [-0.2, -0.15) is 0 Å². The molecule has 0 heterocycles. The van der Waals surface area contributed by atoms with E-state index in [1.807, 2.05) is 0 Å². The Labute approximate surface area is 125 Å². The van der Waals surface area contributed by atoms with Gasteiger partial charge in [-0.15, -0.1) is 11.6 Å². The summed E-state index contributed by atoms with van der Waals surface area (Å²) in [5, 5.41) is 21.9. The number of anilines is 1. The van der Waals surface area contributed by atoms with Gasteiger partial charge in [-0.25, -0.2) is 0 Å². The van der Waals surface area contributed by atoms with E-state index >= 15 is 0 Å². The molecule has 0 bridgehead atoms. The Morgan fingerprint density at radius 2 is 1.86 bits per heavy atom. The van der Waals surface area contributed by atoms with Crippen LogP contribution < -0.4 is 5.32 Å². The van der Waals surface area contributed by atoms with Gasteiger partial charge in [0, 0.05) is 6.07 Å². The number of hydrogen-bond acceptors (Lipinski definition) is 4. The standard InChI is InChI=1S/C14H11ClN2O4/c15-12(9-5-2-1-3-6-9)14(19)16-13-10(17(20)21)7-4-8-11(13)18/h1-8,12,18H,(H,16,19). The molecule has 7 heteroatoms. The highest BCUT2D eigenvalue weighted by molar-refractivity contribution is 6.32. The molecule has 1 unspecified atom stereocenters. The molecule has 108 valence electrons. The predicted octanol–water partition coefficient (Wildman–Crippen LogP) is 3.22. The Hall–Kier alpha value is -2.60. The number of benzene rings is 2. The minimum absolute atomic E-state index is 0.269. The van der Waals surface area contributed by atoms with Crippen molar-refractivity contribution in [1.29, 1.82) is 0 Å². The zero-order valence-corrected chi connectivity index (χ0v) is 11.4. The summed E-state index contributed by atoms with van der Waals surface area (Å²) in [4.78, 5) is 22.3. The molecular formula is C14H11ClN2O4. The number of phenolic OH excluding ortho intramolecular Hbond substituents is 1. The average molecular weight is 307 g/mol. The van der Waals surface area contributed by atoms with Crippen molar-refractivity contribution in [1.82, 2.24) is 0 Å². The van der Waals surface area contributed by atoms with Crippen LogP contribution in [0.5, 0.6) is 5.75 Å². The molecule has 0 saturated carbocycles. The van der Waals surface area contributed by atoms with Gasteiger partial charge in [0.05, 0.1) is 4.92 Å². The Bertz CT molecular complexity index is 676. The SMILES string of the molecule is O=C(Nc1c(O)cccc1[N+](=O)[O-])C(Cl)c1ccccc1. The van der Waals surface area contributed by atoms with Crippen molar-refractivity contribution < 1.29 is 14.8 Å². The minimum atomic E-state index is -1.02. The second kappa shape index (κ2) is 6.23. The normalized spacial score (nSPS) is 11.7. The minimum Gasteiger partial charge on any atom is -0.505 e. The number of halogens is 1. The fraction of sp³-hybridized carbons (Fsp3) is 0.0714. The summed E-state index contributed by atoms with van der Waals surface area (Å²) in [5.41, 5.74) is -0.121. The monoisotopic (exact) mass is 306 g/mol. The molecular weight excluding hydrogens is 296 g/mol. The molecule has 2 rings (SSSR count). The van der Waals surface area contributed by atoms with Crippen LogP contribution in [-0.2, 0) is 4.79 Å². The van der Waals surface area contributed by atoms with Crippen LogP contribution >= 0.6 is 11.6 Å². The van der Waals surface area contributed by atoms with Crippen molar-refractivity contribution in [3.63, 3.8) is 0 Å². The second-order valence-corrected chi connectivity index (χ2v) is 4.63. The Morgan fingerprint density at radius 1 is 1.19 bits per heavy atom. The maximum atomic E-state index is 12.1. The number of amides is 1. The van der Waals surface area contributed by atoms with E-state index < -0.39 is 27.6 Å². The maximum absolute atomic E-state index is 12.1. The van der Waals surface area contributed by atoms with Crippen LogP contribution in [0.4, 0.5) is 11.4 Å². The molecule has 1 atom stereocenters. The highest BCUT2D eigenvalue weighted by atomic mass is 35.5. The summed E-state index contributed by atoms with van der Waals surface area (Å²) in [6.07, 6.45) is 0. The van der Waals surface area contributed by atoms with Gasteiger partial charge in [-0.1, -0.05) is 36.4 Å². The average Bonchev–Trinajstić information content (AvgIpc) is 2.49. The van der Waals surface area contributed by atoms with Gasteiger partial charge in [0.2, 0.25) is 5.91 Å². The zero-order valence-electron chi connectivity index (χ0n) is 10.7. The fourth-order valence-electron chi connectivity index (χ4n) is 1.77. The summed E-state index contributed by atoms with van der Waals surface area (Å²) in [5.74, 6) is -1.05. The van der Waals surface area contributed by atoms with Crippen molar-refractivity contribution in [2.24, 2.45) is 0 Å². The van der Waals surface area contributed by atoms with Crippen LogP contribution in [0, 0.1) is 10.1 Å². The first-order valence-corrected chi connectivity index (χ1v) is 6.40. The summed E-state index contributed by atoms with van der Waals surface area (Å²) in [7, 11) is 0. The summed E-state index contributed by atoms with van der Waals surface area (Å²) in [6, 6.07) is 12.3. The van der Waals surface area contributed by atoms with Gasteiger partial charge in [-0.3, -0.25) is 14.9 Å². The zero-order chi connectivity index (χ0) is 15.4. The van der Waals surface area contributed by atoms with E-state index in [1.54, 1.807) is 30.3 Å². The van der Waals surface area contributed by atoms with E-state index in [1.165, 1.54) is 18.2 Å². The number of nitrogens with one attached hydrogen (secondary N) is 1. The fourth-order valence-corrected chi connectivity index (χ4v) is 1.97. The number of para-hydroxylation sites is 1. The Morgan fingerprint density at radius 3 is 2.48 bits per heavy atom. The lowest BCUT2D eigenvalue weighted by Gasteiger charge is -2.12. The van der Waals surface area contributed by atoms with E-state index in [0.717, 1.165) is 0 Å². The number of nitro benzene ring substituents is 1. The van der Waals surface area contributed by atoms with Crippen molar-refractivity contribution in [2.45, 2.75) is 5.38 Å². The van der Waals surface area contributed by atoms with Crippen LogP contribution in [0.15, 0.2) is 48.5 Å². The number of carbonyl (C=O) groups is 1. The van der Waals surface area contributed by atoms with E-state index in [0.29, 0.717) is 5.56 Å². The molecule has 0 aliphatic heterocycles. The van der Waals surface area contributed by atoms with Crippen molar-refractivity contribution in [3.8, 4) is 5.75 Å². The third kappa shape index (κ3) is 3.29. The van der Waals surface area contributed by atoms with Crippen LogP contribution in [0.25, 0.3) is 0 Å². The first kappa shape index (κ1) is 14.8. The molecule has 0 aromatic heterocycles. The highest BCUT2D eigenvalue weighted by Crippen LogP contribution is 2.34. The molecule has 2 aromatic carbocycles. The van der Waals surface area contributed by atoms with Gasteiger partial charge in [-0.05, 0) is 11.6 Å². The molecule has 0 spiro atoms. The van der Waals surface area contributed by atoms with Crippen LogP contribution in [0.2, 0.25) is 0 Å². The summed E-state index contributed by atoms with van der Waals surface area (Å²) < 4.78 is 0. The lowest BCUT2D eigenvalue weighted by atomic mass is 10.1. The third-order valence-electron chi connectivity index (χ3n) is 2.79. The van der Waals surface area contributed by atoms with E-state index in [2.05, 4.69) is 5.32 Å². The lowest BCUT2D eigenvalue weighted by molar-refractivity contribution is -0.384. The number of phenols is 1. The first-order valence-electron chi connectivity index (χ1n) is 5.97. The number of carbonyl (C=O) groups excluding carboxylic acids is 1. The molecule has 0 aliphatic rings. The first-order chi connectivity index (χ1) is 10.0. The number of alkyl halides is 1. The molecule has 6 nitrogen and oxygen atoms in total. The van der Waals surface area contributed by atoms with Crippen LogP contribution in [0.1, 0.15) is 10.9 Å². The molecule has 1 amide bonds. The molecule has 0 saturated heterocycles. The number of aromatic hydroxyl groups is 1. The van der Waals surface area contributed by atoms with Gasteiger partial charge < -0.3 is 10.4 Å². The summed E-state index contributed by atoms with van der Waals surface area (Å²) in [6.45, 7) is 0. The third-order valence-corrected chi connectivity index (χ3v) is 3.24. The molecule has 0 aliphatic carbocycles. The molecule has 21 heavy (non-hydrogen) atoms. The van der Waals surface area contributed by atoms with Gasteiger partial charge in [0.25, 0.3) is 5.69 Å². The van der Waals surface area contributed by atoms with E-state index in [-0.39, 0.29) is 5.69 Å². The summed E-state index contributed by atoms with van der Waals surface area (Å²) >= 11 is 6.03. The van der Waals surface area contributed by atoms with Crippen LogP contribution in [0.3, 0.4) is 0 Å². The highest BCUT2D eigenvalue weighted by Gasteiger charge is 2.23. The Kier molecular flexibility index (Phi) is 4.39.